The van der Waals surface area contributed by atoms with Gasteiger partial charge in [0.2, 0.25) is 15.9 Å². The van der Waals surface area contributed by atoms with Gasteiger partial charge in [0.1, 0.15) is 0 Å². The van der Waals surface area contributed by atoms with Crippen LogP contribution in [0.25, 0.3) is 0 Å². The number of carbonyl (C=O) groups excluding carboxylic acids is 1. The maximum Gasteiger partial charge on any atom is 0.241 e. The topological polar surface area (TPSA) is 90.3 Å². The molecule has 7 heteroatoms. The Kier molecular flexibility index (Phi) is 5.03. The normalized spacial score (nSPS) is 10.8. The number of carbonyl (C=O) groups is 1. The second-order valence-corrected chi connectivity index (χ2v) is 5.64. The van der Waals surface area contributed by atoms with Crippen molar-refractivity contribution in [2.45, 2.75) is 11.8 Å². The van der Waals surface area contributed by atoms with Crippen LogP contribution in [0, 0.1) is 11.3 Å². The maximum atomic E-state index is 11.9. The van der Waals surface area contributed by atoms with E-state index in [1.54, 1.807) is 14.0 Å². The van der Waals surface area contributed by atoms with Crippen LogP contribution >= 0.6 is 0 Å². The van der Waals surface area contributed by atoms with E-state index in [2.05, 4.69) is 4.72 Å². The van der Waals surface area contributed by atoms with Gasteiger partial charge in [-0.1, -0.05) is 6.07 Å². The Labute approximate surface area is 112 Å². The van der Waals surface area contributed by atoms with Crippen molar-refractivity contribution in [2.75, 3.05) is 20.1 Å². The number of nitrogens with one attached hydrogen (secondary N) is 1. The lowest BCUT2D eigenvalue weighted by molar-refractivity contribution is -0.128. The van der Waals surface area contributed by atoms with Crippen molar-refractivity contribution >= 4 is 15.9 Å². The molecule has 6 nitrogen and oxygen atoms in total. The Morgan fingerprint density at radius 1 is 1.47 bits per heavy atom. The van der Waals surface area contributed by atoms with Crippen molar-refractivity contribution in [1.29, 1.82) is 5.26 Å². The fraction of sp³-hybridized carbons (Fsp3) is 0.333. The van der Waals surface area contributed by atoms with Gasteiger partial charge >= 0.3 is 0 Å². The molecular weight excluding hydrogens is 266 g/mol. The van der Waals surface area contributed by atoms with Crippen molar-refractivity contribution in [3.63, 3.8) is 0 Å². The van der Waals surface area contributed by atoms with E-state index in [4.69, 9.17) is 5.26 Å². The van der Waals surface area contributed by atoms with Gasteiger partial charge in [-0.15, -0.1) is 0 Å². The van der Waals surface area contributed by atoms with Crippen LogP contribution in [-0.4, -0.2) is 39.4 Å². The van der Waals surface area contributed by atoms with Crippen LogP contribution in [-0.2, 0) is 14.8 Å². The van der Waals surface area contributed by atoms with E-state index in [0.29, 0.717) is 6.54 Å². The van der Waals surface area contributed by atoms with Gasteiger partial charge in [0.15, 0.2) is 0 Å². The molecule has 0 atom stereocenters. The summed E-state index contributed by atoms with van der Waals surface area (Å²) in [5.74, 6) is -0.317. The summed E-state index contributed by atoms with van der Waals surface area (Å²) in [7, 11) is -2.19. The lowest BCUT2D eigenvalue weighted by Gasteiger charge is -2.14. The molecule has 0 heterocycles. The van der Waals surface area contributed by atoms with Crippen LogP contribution < -0.4 is 4.72 Å². The van der Waals surface area contributed by atoms with E-state index in [9.17, 15) is 13.2 Å². The average molecular weight is 281 g/mol. The summed E-state index contributed by atoms with van der Waals surface area (Å²) in [4.78, 5) is 12.9. The van der Waals surface area contributed by atoms with Crippen molar-refractivity contribution < 1.29 is 13.2 Å². The molecule has 0 unspecified atom stereocenters. The van der Waals surface area contributed by atoms with Gasteiger partial charge in [0.25, 0.3) is 0 Å². The molecule has 0 saturated carbocycles. The molecule has 0 aromatic heterocycles. The first-order chi connectivity index (χ1) is 8.90. The van der Waals surface area contributed by atoms with Gasteiger partial charge in [-0.25, -0.2) is 13.1 Å². The number of nitriles is 1. The monoisotopic (exact) mass is 281 g/mol. The van der Waals surface area contributed by atoms with Crippen LogP contribution in [0.2, 0.25) is 0 Å². The molecule has 0 saturated heterocycles. The number of hydrogen-bond donors (Lipinski definition) is 1. The van der Waals surface area contributed by atoms with Gasteiger partial charge in [-0.2, -0.15) is 5.26 Å². The zero-order valence-corrected chi connectivity index (χ0v) is 11.6. The van der Waals surface area contributed by atoms with Crippen LogP contribution in [0.4, 0.5) is 0 Å². The zero-order chi connectivity index (χ0) is 14.5. The fourth-order valence-electron chi connectivity index (χ4n) is 1.28. The minimum Gasteiger partial charge on any atom is -0.345 e. The minimum atomic E-state index is -3.78. The molecule has 1 aromatic carbocycles. The second-order valence-electron chi connectivity index (χ2n) is 3.87. The first-order valence-corrected chi connectivity index (χ1v) is 7.13. The summed E-state index contributed by atoms with van der Waals surface area (Å²) >= 11 is 0. The van der Waals surface area contributed by atoms with E-state index in [0.717, 1.165) is 0 Å². The SMILES string of the molecule is CCN(C)C(=O)CNS(=O)(=O)c1cccc(C#N)c1. The number of likely N-dealkylation sites (N-methyl/N-ethyl adjacent to an activating group) is 1. The van der Waals surface area contributed by atoms with Gasteiger partial charge in [0.05, 0.1) is 23.1 Å². The van der Waals surface area contributed by atoms with E-state index in [-0.39, 0.29) is 22.9 Å². The predicted molar refractivity (Wildman–Crippen MR) is 69.7 cm³/mol. The number of amides is 1. The summed E-state index contributed by atoms with van der Waals surface area (Å²) in [6, 6.07) is 7.48. The van der Waals surface area contributed by atoms with Gasteiger partial charge in [0, 0.05) is 13.6 Å². The summed E-state index contributed by atoms with van der Waals surface area (Å²) < 4.78 is 26.1. The lowest BCUT2D eigenvalue weighted by Crippen LogP contribution is -2.37. The molecule has 1 N–H and O–H groups in total. The molecule has 1 aromatic rings. The molecule has 0 bridgehead atoms. The Morgan fingerprint density at radius 3 is 2.74 bits per heavy atom. The summed E-state index contributed by atoms with van der Waals surface area (Å²) in [6.07, 6.45) is 0. The third kappa shape index (κ3) is 4.05. The Balaban J connectivity index is 2.82. The summed E-state index contributed by atoms with van der Waals surface area (Å²) in [5, 5.41) is 8.72. The van der Waals surface area contributed by atoms with E-state index in [1.165, 1.54) is 29.2 Å². The van der Waals surface area contributed by atoms with Crippen LogP contribution in [0.1, 0.15) is 12.5 Å². The maximum absolute atomic E-state index is 11.9. The molecular formula is C12H15N3O3S. The third-order valence-electron chi connectivity index (χ3n) is 2.59. The minimum absolute atomic E-state index is 0.0292. The summed E-state index contributed by atoms with van der Waals surface area (Å²) in [6.45, 7) is 2.00. The van der Waals surface area contributed by atoms with Crippen molar-refractivity contribution in [2.24, 2.45) is 0 Å². The molecule has 1 rings (SSSR count). The molecule has 0 aliphatic heterocycles. The quantitative estimate of drug-likeness (QED) is 0.841. The van der Waals surface area contributed by atoms with E-state index < -0.39 is 10.0 Å². The first-order valence-electron chi connectivity index (χ1n) is 5.64. The highest BCUT2D eigenvalue weighted by atomic mass is 32.2. The predicted octanol–water partition coefficient (Wildman–Crippen LogP) is 0.315. The standard InChI is InChI=1S/C12H15N3O3S/c1-3-15(2)12(16)9-14-19(17,18)11-6-4-5-10(7-11)8-13/h4-7,14H,3,9H2,1-2H3. The highest BCUT2D eigenvalue weighted by molar-refractivity contribution is 7.89. The van der Waals surface area contributed by atoms with E-state index >= 15 is 0 Å². The van der Waals surface area contributed by atoms with Crippen molar-refractivity contribution in [3.05, 3.63) is 29.8 Å². The Morgan fingerprint density at radius 2 is 2.16 bits per heavy atom. The van der Waals surface area contributed by atoms with Crippen LogP contribution in [0.15, 0.2) is 29.2 Å². The average Bonchev–Trinajstić information content (AvgIpc) is 2.43. The fourth-order valence-corrected chi connectivity index (χ4v) is 2.30. The van der Waals surface area contributed by atoms with Crippen molar-refractivity contribution in [3.8, 4) is 6.07 Å². The molecule has 0 spiro atoms. The Hall–Kier alpha value is -1.91. The second kappa shape index (κ2) is 6.31. The Bertz CT molecular complexity index is 605. The number of benzene rings is 1. The largest absolute Gasteiger partial charge is 0.345 e. The summed E-state index contributed by atoms with van der Waals surface area (Å²) in [5.41, 5.74) is 0.250. The zero-order valence-electron chi connectivity index (χ0n) is 10.8. The van der Waals surface area contributed by atoms with Gasteiger partial charge < -0.3 is 4.90 Å². The van der Waals surface area contributed by atoms with Crippen molar-refractivity contribution in [1.82, 2.24) is 9.62 Å². The number of hydrogen-bond acceptors (Lipinski definition) is 4. The van der Waals surface area contributed by atoms with Gasteiger partial charge in [-0.05, 0) is 25.1 Å². The number of rotatable bonds is 5. The van der Waals surface area contributed by atoms with Gasteiger partial charge in [-0.3, -0.25) is 4.79 Å². The molecule has 0 radical (unpaired) electrons. The molecule has 1 amide bonds. The molecule has 0 aliphatic rings. The molecule has 102 valence electrons. The first kappa shape index (κ1) is 15.1. The lowest BCUT2D eigenvalue weighted by atomic mass is 10.2. The van der Waals surface area contributed by atoms with Crippen LogP contribution in [0.3, 0.4) is 0 Å². The smallest absolute Gasteiger partial charge is 0.241 e. The van der Waals surface area contributed by atoms with Crippen LogP contribution in [0.5, 0.6) is 0 Å². The molecule has 0 fully saturated rings. The highest BCUT2D eigenvalue weighted by Gasteiger charge is 2.17. The van der Waals surface area contributed by atoms with E-state index in [1.807, 2.05) is 6.07 Å². The molecule has 0 aliphatic carbocycles. The number of sulfonamides is 1. The number of nitrogens with zero attached hydrogens (tertiary/aromatic N) is 2. The highest BCUT2D eigenvalue weighted by Crippen LogP contribution is 2.10. The third-order valence-corrected chi connectivity index (χ3v) is 3.99. The molecule has 19 heavy (non-hydrogen) atoms.